The largest absolute Gasteiger partial charge is 0.373 e. The van der Waals surface area contributed by atoms with Crippen LogP contribution in [0.15, 0.2) is 18.3 Å². The number of ether oxygens (including phenoxy) is 1. The van der Waals surface area contributed by atoms with Crippen LogP contribution in [0.3, 0.4) is 0 Å². The molecule has 2 heterocycles. The van der Waals surface area contributed by atoms with Crippen molar-refractivity contribution in [3.05, 3.63) is 29.6 Å². The van der Waals surface area contributed by atoms with Gasteiger partial charge >= 0.3 is 0 Å². The molecule has 1 saturated heterocycles. The molecule has 0 saturated carbocycles. The standard InChI is InChI=1S/C12H19N3O/c1-8-3-5-10(7-14-8)12(15-13)11-6-4-9(2)16-11/h3,5,7,9,11-12,15H,4,6,13H2,1-2H3. The van der Waals surface area contributed by atoms with Crippen LogP contribution in [0, 0.1) is 6.92 Å². The van der Waals surface area contributed by atoms with E-state index in [0.717, 1.165) is 24.1 Å². The molecular formula is C12H19N3O. The average Bonchev–Trinajstić information content (AvgIpc) is 2.69. The van der Waals surface area contributed by atoms with E-state index in [1.54, 1.807) is 0 Å². The zero-order valence-corrected chi connectivity index (χ0v) is 9.81. The Balaban J connectivity index is 2.13. The molecule has 0 aliphatic carbocycles. The van der Waals surface area contributed by atoms with Crippen LogP contribution in [0.2, 0.25) is 0 Å². The first kappa shape index (κ1) is 11.5. The minimum Gasteiger partial charge on any atom is -0.373 e. The molecule has 88 valence electrons. The number of nitrogens with two attached hydrogens (primary N) is 1. The Morgan fingerprint density at radius 2 is 2.31 bits per heavy atom. The van der Waals surface area contributed by atoms with Crippen LogP contribution in [0.25, 0.3) is 0 Å². The van der Waals surface area contributed by atoms with Crippen molar-refractivity contribution in [2.75, 3.05) is 0 Å². The van der Waals surface area contributed by atoms with E-state index in [1.165, 1.54) is 0 Å². The van der Waals surface area contributed by atoms with Crippen LogP contribution in [-0.2, 0) is 4.74 Å². The van der Waals surface area contributed by atoms with Gasteiger partial charge < -0.3 is 4.74 Å². The first-order chi connectivity index (χ1) is 7.70. The topological polar surface area (TPSA) is 60.2 Å². The summed E-state index contributed by atoms with van der Waals surface area (Å²) in [5.74, 6) is 5.61. The van der Waals surface area contributed by atoms with Gasteiger partial charge in [-0.15, -0.1) is 0 Å². The van der Waals surface area contributed by atoms with Gasteiger partial charge in [-0.1, -0.05) is 6.07 Å². The number of hydrogen-bond donors (Lipinski definition) is 2. The molecule has 0 radical (unpaired) electrons. The van der Waals surface area contributed by atoms with Gasteiger partial charge in [-0.25, -0.2) is 0 Å². The second-order valence-electron chi connectivity index (χ2n) is 4.44. The molecule has 3 atom stereocenters. The smallest absolute Gasteiger partial charge is 0.0787 e. The highest BCUT2D eigenvalue weighted by atomic mass is 16.5. The minimum absolute atomic E-state index is 0.0399. The van der Waals surface area contributed by atoms with Crippen LogP contribution in [-0.4, -0.2) is 17.2 Å². The van der Waals surface area contributed by atoms with Crippen molar-refractivity contribution in [3.63, 3.8) is 0 Å². The summed E-state index contributed by atoms with van der Waals surface area (Å²) in [7, 11) is 0. The Morgan fingerprint density at radius 1 is 1.50 bits per heavy atom. The summed E-state index contributed by atoms with van der Waals surface area (Å²) in [4.78, 5) is 4.29. The Hall–Kier alpha value is -0.970. The summed E-state index contributed by atoms with van der Waals surface area (Å²) >= 11 is 0. The molecule has 0 aromatic carbocycles. The number of nitrogens with zero attached hydrogens (tertiary/aromatic N) is 1. The van der Waals surface area contributed by atoms with Crippen LogP contribution in [0.5, 0.6) is 0 Å². The lowest BCUT2D eigenvalue weighted by molar-refractivity contribution is 0.0315. The summed E-state index contributed by atoms with van der Waals surface area (Å²) in [5.41, 5.74) is 4.94. The number of pyridine rings is 1. The number of hydrogen-bond acceptors (Lipinski definition) is 4. The van der Waals surface area contributed by atoms with Crippen molar-refractivity contribution >= 4 is 0 Å². The van der Waals surface area contributed by atoms with Crippen molar-refractivity contribution in [2.45, 2.75) is 44.9 Å². The third kappa shape index (κ3) is 2.40. The second-order valence-corrected chi connectivity index (χ2v) is 4.44. The molecule has 4 heteroatoms. The van der Waals surface area contributed by atoms with Crippen LogP contribution >= 0.6 is 0 Å². The quantitative estimate of drug-likeness (QED) is 0.599. The molecule has 1 fully saturated rings. The normalized spacial score (nSPS) is 26.9. The van der Waals surface area contributed by atoms with Crippen molar-refractivity contribution in [1.82, 2.24) is 10.4 Å². The molecule has 3 N–H and O–H groups in total. The molecule has 1 aliphatic rings. The fourth-order valence-corrected chi connectivity index (χ4v) is 2.16. The Labute approximate surface area is 96.2 Å². The van der Waals surface area contributed by atoms with E-state index in [2.05, 4.69) is 23.4 Å². The Morgan fingerprint density at radius 3 is 2.81 bits per heavy atom. The number of nitrogens with one attached hydrogen (secondary N) is 1. The van der Waals surface area contributed by atoms with Crippen molar-refractivity contribution in [3.8, 4) is 0 Å². The van der Waals surface area contributed by atoms with Gasteiger partial charge in [-0.05, 0) is 38.3 Å². The Bertz CT molecular complexity index is 339. The molecule has 0 amide bonds. The highest BCUT2D eigenvalue weighted by molar-refractivity contribution is 5.18. The predicted octanol–water partition coefficient (Wildman–Crippen LogP) is 1.46. The van der Waals surface area contributed by atoms with E-state index in [9.17, 15) is 0 Å². The summed E-state index contributed by atoms with van der Waals surface area (Å²) < 4.78 is 5.83. The summed E-state index contributed by atoms with van der Waals surface area (Å²) in [6.45, 7) is 4.07. The highest BCUT2D eigenvalue weighted by Gasteiger charge is 2.30. The van der Waals surface area contributed by atoms with Gasteiger partial charge in [0.1, 0.15) is 0 Å². The van der Waals surface area contributed by atoms with E-state index in [4.69, 9.17) is 10.6 Å². The van der Waals surface area contributed by atoms with Gasteiger partial charge in [-0.3, -0.25) is 16.3 Å². The number of hydrazine groups is 1. The molecule has 4 nitrogen and oxygen atoms in total. The lowest BCUT2D eigenvalue weighted by Crippen LogP contribution is -2.36. The molecule has 2 rings (SSSR count). The zero-order valence-electron chi connectivity index (χ0n) is 9.81. The maximum Gasteiger partial charge on any atom is 0.0787 e. The van der Waals surface area contributed by atoms with Gasteiger partial charge in [0.25, 0.3) is 0 Å². The van der Waals surface area contributed by atoms with E-state index in [0.29, 0.717) is 6.10 Å². The van der Waals surface area contributed by atoms with E-state index >= 15 is 0 Å². The van der Waals surface area contributed by atoms with Gasteiger partial charge in [0, 0.05) is 11.9 Å². The van der Waals surface area contributed by atoms with Gasteiger partial charge in [0.15, 0.2) is 0 Å². The molecule has 16 heavy (non-hydrogen) atoms. The Kier molecular flexibility index (Phi) is 3.53. The molecule has 1 aromatic rings. The van der Waals surface area contributed by atoms with Crippen LogP contribution in [0.1, 0.15) is 37.1 Å². The zero-order chi connectivity index (χ0) is 11.5. The third-order valence-corrected chi connectivity index (χ3v) is 3.11. The van der Waals surface area contributed by atoms with E-state index in [1.807, 2.05) is 19.2 Å². The van der Waals surface area contributed by atoms with Crippen molar-refractivity contribution in [1.29, 1.82) is 0 Å². The van der Waals surface area contributed by atoms with E-state index in [-0.39, 0.29) is 12.1 Å². The van der Waals surface area contributed by atoms with Gasteiger partial charge in [0.05, 0.1) is 18.2 Å². The maximum atomic E-state index is 5.83. The summed E-state index contributed by atoms with van der Waals surface area (Å²) in [5, 5.41) is 0. The lowest BCUT2D eigenvalue weighted by atomic mass is 10.0. The molecule has 1 aliphatic heterocycles. The number of aryl methyl sites for hydroxylation is 1. The van der Waals surface area contributed by atoms with Gasteiger partial charge in [-0.2, -0.15) is 0 Å². The molecule has 1 aromatic heterocycles. The van der Waals surface area contributed by atoms with Gasteiger partial charge in [0.2, 0.25) is 0 Å². The predicted molar refractivity (Wildman–Crippen MR) is 62.6 cm³/mol. The summed E-state index contributed by atoms with van der Waals surface area (Å²) in [6, 6.07) is 4.09. The first-order valence-electron chi connectivity index (χ1n) is 5.75. The fourth-order valence-electron chi connectivity index (χ4n) is 2.16. The van der Waals surface area contributed by atoms with Crippen molar-refractivity contribution < 1.29 is 4.74 Å². The third-order valence-electron chi connectivity index (χ3n) is 3.11. The first-order valence-corrected chi connectivity index (χ1v) is 5.75. The van der Waals surface area contributed by atoms with Crippen LogP contribution < -0.4 is 11.3 Å². The minimum atomic E-state index is 0.0399. The average molecular weight is 221 g/mol. The fraction of sp³-hybridized carbons (Fsp3) is 0.583. The lowest BCUT2D eigenvalue weighted by Gasteiger charge is -2.22. The summed E-state index contributed by atoms with van der Waals surface area (Å²) in [6.07, 6.45) is 4.50. The van der Waals surface area contributed by atoms with E-state index < -0.39 is 0 Å². The van der Waals surface area contributed by atoms with Crippen LogP contribution in [0.4, 0.5) is 0 Å². The number of rotatable bonds is 3. The highest BCUT2D eigenvalue weighted by Crippen LogP contribution is 2.29. The SMILES string of the molecule is Cc1ccc(C(NN)C2CCC(C)O2)cn1. The monoisotopic (exact) mass is 221 g/mol. The molecule has 0 spiro atoms. The maximum absolute atomic E-state index is 5.83. The molecule has 0 bridgehead atoms. The second kappa shape index (κ2) is 4.91. The molecule has 3 unspecified atom stereocenters. The van der Waals surface area contributed by atoms with Crippen molar-refractivity contribution in [2.24, 2.45) is 5.84 Å². The number of aromatic nitrogens is 1. The molecular weight excluding hydrogens is 202 g/mol.